The molecular weight excluding hydrogens is 219 g/mol. The van der Waals surface area contributed by atoms with Gasteiger partial charge in [-0.1, -0.05) is 12.2 Å². The van der Waals surface area contributed by atoms with Crippen LogP contribution < -0.4 is 4.90 Å². The zero-order chi connectivity index (χ0) is 11.3. The second kappa shape index (κ2) is 5.41. The summed E-state index contributed by atoms with van der Waals surface area (Å²) < 4.78 is 12.8. The highest BCUT2D eigenvalue weighted by Gasteiger charge is 2.10. The van der Waals surface area contributed by atoms with Crippen LogP contribution in [0.2, 0.25) is 5.28 Å². The number of halogens is 2. The lowest BCUT2D eigenvalue weighted by Crippen LogP contribution is -2.26. The molecule has 80 valence electrons. The molecule has 1 heterocycles. The summed E-state index contributed by atoms with van der Waals surface area (Å²) in [6.07, 6.45) is 2.40. The lowest BCUT2D eigenvalue weighted by molar-refractivity contribution is 0.531. The normalized spacial score (nSPS) is 9.73. The molecule has 0 saturated carbocycles. The molecule has 1 aromatic heterocycles. The standard InChI is InChI=1S/C9H10ClFN4/c1-3-5-15(6-4-2)9-13-7(10)12-8(11)14-9/h3-4H,1-2,5-6H2. The minimum Gasteiger partial charge on any atom is -0.333 e. The van der Waals surface area contributed by atoms with Crippen molar-refractivity contribution in [2.75, 3.05) is 18.0 Å². The molecule has 0 aliphatic carbocycles. The van der Waals surface area contributed by atoms with Gasteiger partial charge < -0.3 is 4.90 Å². The predicted octanol–water partition coefficient (Wildman–Crippen LogP) is 1.84. The van der Waals surface area contributed by atoms with Gasteiger partial charge in [-0.2, -0.15) is 19.3 Å². The minimum absolute atomic E-state index is 0.171. The third-order valence-corrected chi connectivity index (χ3v) is 1.72. The molecule has 0 unspecified atom stereocenters. The Labute approximate surface area is 92.1 Å². The first kappa shape index (κ1) is 11.6. The third-order valence-electron chi connectivity index (χ3n) is 1.55. The molecular formula is C9H10ClFN4. The summed E-state index contributed by atoms with van der Waals surface area (Å²) >= 11 is 5.51. The molecule has 15 heavy (non-hydrogen) atoms. The Hall–Kier alpha value is -1.49. The van der Waals surface area contributed by atoms with Crippen LogP contribution in [0.5, 0.6) is 0 Å². The Bertz CT molecular complexity index is 339. The molecule has 0 amide bonds. The van der Waals surface area contributed by atoms with Gasteiger partial charge in [-0.25, -0.2) is 0 Å². The van der Waals surface area contributed by atoms with Gasteiger partial charge in [0.1, 0.15) is 0 Å². The van der Waals surface area contributed by atoms with Crippen LogP contribution in [0.15, 0.2) is 25.3 Å². The van der Waals surface area contributed by atoms with Crippen LogP contribution in [0.25, 0.3) is 0 Å². The average molecular weight is 229 g/mol. The van der Waals surface area contributed by atoms with Gasteiger partial charge in [0, 0.05) is 13.1 Å². The molecule has 0 aliphatic heterocycles. The lowest BCUT2D eigenvalue weighted by atomic mass is 10.5. The first-order valence-electron chi connectivity index (χ1n) is 4.21. The molecule has 0 saturated heterocycles. The fraction of sp³-hybridized carbons (Fsp3) is 0.222. The number of nitrogens with zero attached hydrogens (tertiary/aromatic N) is 4. The summed E-state index contributed by atoms with van der Waals surface area (Å²) in [6, 6.07) is 0. The van der Waals surface area contributed by atoms with Crippen LogP contribution >= 0.6 is 11.6 Å². The molecule has 1 aromatic rings. The minimum atomic E-state index is -0.900. The van der Waals surface area contributed by atoms with Gasteiger partial charge in [-0.05, 0) is 11.6 Å². The second-order valence-corrected chi connectivity index (χ2v) is 2.99. The third kappa shape index (κ3) is 3.28. The summed E-state index contributed by atoms with van der Waals surface area (Å²) in [4.78, 5) is 12.2. The van der Waals surface area contributed by atoms with Gasteiger partial charge in [0.25, 0.3) is 0 Å². The van der Waals surface area contributed by atoms with Crippen molar-refractivity contribution in [1.82, 2.24) is 15.0 Å². The van der Waals surface area contributed by atoms with Gasteiger partial charge >= 0.3 is 6.08 Å². The Morgan fingerprint density at radius 2 is 1.80 bits per heavy atom. The van der Waals surface area contributed by atoms with Crippen LogP contribution in [-0.2, 0) is 0 Å². The summed E-state index contributed by atoms with van der Waals surface area (Å²) in [5.41, 5.74) is 0. The number of hydrogen-bond donors (Lipinski definition) is 0. The smallest absolute Gasteiger partial charge is 0.314 e. The molecule has 6 heteroatoms. The van der Waals surface area contributed by atoms with E-state index in [0.717, 1.165) is 0 Å². The van der Waals surface area contributed by atoms with Crippen molar-refractivity contribution < 1.29 is 4.39 Å². The van der Waals surface area contributed by atoms with Gasteiger partial charge in [-0.15, -0.1) is 13.2 Å². The first-order chi connectivity index (χ1) is 7.17. The van der Waals surface area contributed by atoms with E-state index in [1.807, 2.05) is 0 Å². The van der Waals surface area contributed by atoms with Gasteiger partial charge in [-0.3, -0.25) is 0 Å². The summed E-state index contributed by atoms with van der Waals surface area (Å²) in [5, 5.41) is -0.171. The molecule has 0 spiro atoms. The number of hydrogen-bond acceptors (Lipinski definition) is 4. The predicted molar refractivity (Wildman–Crippen MR) is 57.4 cm³/mol. The molecule has 0 aliphatic rings. The molecule has 0 atom stereocenters. The van der Waals surface area contributed by atoms with E-state index in [4.69, 9.17) is 11.6 Å². The maximum absolute atomic E-state index is 12.8. The highest BCUT2D eigenvalue weighted by atomic mass is 35.5. The zero-order valence-electron chi connectivity index (χ0n) is 8.03. The van der Waals surface area contributed by atoms with E-state index in [1.165, 1.54) is 0 Å². The van der Waals surface area contributed by atoms with E-state index < -0.39 is 6.08 Å². The molecule has 0 N–H and O–H groups in total. The van der Waals surface area contributed by atoms with Crippen molar-refractivity contribution >= 4 is 17.5 Å². The lowest BCUT2D eigenvalue weighted by Gasteiger charge is -2.18. The second-order valence-electron chi connectivity index (χ2n) is 2.66. The number of anilines is 1. The number of aromatic nitrogens is 3. The monoisotopic (exact) mass is 228 g/mol. The van der Waals surface area contributed by atoms with E-state index >= 15 is 0 Å². The molecule has 0 fully saturated rings. The molecule has 0 radical (unpaired) electrons. The first-order valence-corrected chi connectivity index (χ1v) is 4.59. The van der Waals surface area contributed by atoms with E-state index in [-0.39, 0.29) is 11.2 Å². The molecule has 1 rings (SSSR count). The van der Waals surface area contributed by atoms with Crippen molar-refractivity contribution in [3.05, 3.63) is 36.7 Å². The van der Waals surface area contributed by atoms with E-state index in [9.17, 15) is 4.39 Å². The fourth-order valence-electron chi connectivity index (χ4n) is 1.01. The molecule has 4 nitrogen and oxygen atoms in total. The van der Waals surface area contributed by atoms with Crippen LogP contribution in [-0.4, -0.2) is 28.0 Å². The Kier molecular flexibility index (Phi) is 4.17. The quantitative estimate of drug-likeness (QED) is 0.722. The van der Waals surface area contributed by atoms with Crippen molar-refractivity contribution in [2.45, 2.75) is 0 Å². The average Bonchev–Trinajstić information content (AvgIpc) is 2.16. The van der Waals surface area contributed by atoms with Crippen molar-refractivity contribution in [3.63, 3.8) is 0 Å². The van der Waals surface area contributed by atoms with Crippen molar-refractivity contribution in [2.24, 2.45) is 0 Å². The summed E-state index contributed by atoms with van der Waals surface area (Å²) in [7, 11) is 0. The van der Waals surface area contributed by atoms with E-state index in [0.29, 0.717) is 13.1 Å². The van der Waals surface area contributed by atoms with Gasteiger partial charge in [0.05, 0.1) is 0 Å². The highest BCUT2D eigenvalue weighted by Crippen LogP contribution is 2.10. The fourth-order valence-corrected chi connectivity index (χ4v) is 1.15. The Morgan fingerprint density at radius 3 is 2.27 bits per heavy atom. The summed E-state index contributed by atoms with van der Waals surface area (Å²) in [6.45, 7) is 8.11. The SMILES string of the molecule is C=CCN(CC=C)c1nc(F)nc(Cl)n1. The van der Waals surface area contributed by atoms with E-state index in [2.05, 4.69) is 28.1 Å². The highest BCUT2D eigenvalue weighted by molar-refractivity contribution is 6.28. The zero-order valence-corrected chi connectivity index (χ0v) is 8.78. The molecule has 0 bridgehead atoms. The largest absolute Gasteiger partial charge is 0.333 e. The number of rotatable bonds is 5. The van der Waals surface area contributed by atoms with Crippen LogP contribution in [0.3, 0.4) is 0 Å². The Balaban J connectivity index is 2.98. The Morgan fingerprint density at radius 1 is 1.20 bits per heavy atom. The van der Waals surface area contributed by atoms with Crippen LogP contribution in [0.1, 0.15) is 0 Å². The van der Waals surface area contributed by atoms with Crippen LogP contribution in [0.4, 0.5) is 10.3 Å². The van der Waals surface area contributed by atoms with Crippen molar-refractivity contribution in [3.8, 4) is 0 Å². The van der Waals surface area contributed by atoms with Gasteiger partial charge in [0.2, 0.25) is 11.2 Å². The maximum atomic E-state index is 12.8. The molecule has 0 aromatic carbocycles. The topological polar surface area (TPSA) is 41.9 Å². The van der Waals surface area contributed by atoms with Gasteiger partial charge in [0.15, 0.2) is 0 Å². The van der Waals surface area contributed by atoms with E-state index in [1.54, 1.807) is 17.1 Å². The van der Waals surface area contributed by atoms with Crippen LogP contribution in [0, 0.1) is 6.08 Å². The van der Waals surface area contributed by atoms with Crippen molar-refractivity contribution in [1.29, 1.82) is 0 Å². The summed E-state index contributed by atoms with van der Waals surface area (Å²) in [5.74, 6) is 0.173. The maximum Gasteiger partial charge on any atom is 0.314 e.